The number of hydrogen-bond acceptors (Lipinski definition) is 3. The highest BCUT2D eigenvalue weighted by molar-refractivity contribution is 5.98. The molecule has 1 heterocycles. The van der Waals surface area contributed by atoms with E-state index in [1.165, 1.54) is 19.3 Å². The van der Waals surface area contributed by atoms with Gasteiger partial charge in [0, 0.05) is 13.1 Å². The minimum absolute atomic E-state index is 0.0575. The van der Waals surface area contributed by atoms with Gasteiger partial charge in [-0.25, -0.2) is 0 Å². The maximum Gasteiger partial charge on any atom is 0.319 e. The van der Waals surface area contributed by atoms with Gasteiger partial charge >= 0.3 is 5.97 Å². The van der Waals surface area contributed by atoms with Crippen molar-refractivity contribution in [2.24, 2.45) is 11.3 Å². The lowest BCUT2D eigenvalue weighted by Crippen LogP contribution is -2.46. The normalized spacial score (nSPS) is 18.9. The van der Waals surface area contributed by atoms with Crippen LogP contribution in [0, 0.1) is 11.3 Å². The minimum atomic E-state index is -0.693. The molecule has 1 aliphatic heterocycles. The van der Waals surface area contributed by atoms with Crippen molar-refractivity contribution in [3.63, 3.8) is 0 Å². The molecule has 1 atom stereocenters. The summed E-state index contributed by atoms with van der Waals surface area (Å²) >= 11 is 0. The lowest BCUT2D eigenvalue weighted by Gasteiger charge is -2.33. The summed E-state index contributed by atoms with van der Waals surface area (Å²) in [5.41, 5.74) is -0.411. The van der Waals surface area contributed by atoms with E-state index in [4.69, 9.17) is 4.74 Å². The molecule has 1 amide bonds. The average molecular weight is 283 g/mol. The lowest BCUT2D eigenvalue weighted by molar-refractivity contribution is -0.160. The summed E-state index contributed by atoms with van der Waals surface area (Å²) in [5.74, 6) is -1.13. The first-order valence-corrected chi connectivity index (χ1v) is 7.83. The summed E-state index contributed by atoms with van der Waals surface area (Å²) in [7, 11) is 0. The Kier molecular flexibility index (Phi) is 6.50. The van der Waals surface area contributed by atoms with E-state index in [0.29, 0.717) is 6.61 Å². The summed E-state index contributed by atoms with van der Waals surface area (Å²) in [6.45, 7) is 9.41. The third-order valence-corrected chi connectivity index (χ3v) is 3.80. The Bertz CT molecular complexity index is 325. The van der Waals surface area contributed by atoms with Crippen LogP contribution in [0.3, 0.4) is 0 Å². The van der Waals surface area contributed by atoms with E-state index in [2.05, 4.69) is 0 Å². The number of nitrogens with zero attached hydrogens (tertiary/aromatic N) is 1. The second kappa shape index (κ2) is 7.65. The molecule has 1 unspecified atom stereocenters. The van der Waals surface area contributed by atoms with Crippen LogP contribution in [0.25, 0.3) is 0 Å². The van der Waals surface area contributed by atoms with Crippen LogP contribution in [0.15, 0.2) is 0 Å². The molecular formula is C16H29NO3. The summed E-state index contributed by atoms with van der Waals surface area (Å²) in [4.78, 5) is 26.8. The molecule has 0 saturated carbocycles. The molecule has 0 aromatic heterocycles. The third-order valence-electron chi connectivity index (χ3n) is 3.80. The number of hydrogen-bond donors (Lipinski definition) is 0. The van der Waals surface area contributed by atoms with Crippen molar-refractivity contribution in [1.29, 1.82) is 0 Å². The molecule has 4 nitrogen and oxygen atoms in total. The molecule has 0 aliphatic carbocycles. The van der Waals surface area contributed by atoms with Gasteiger partial charge in [-0.15, -0.1) is 0 Å². The molecule has 0 spiro atoms. The molecule has 1 fully saturated rings. The van der Waals surface area contributed by atoms with Crippen LogP contribution in [0.5, 0.6) is 0 Å². The number of esters is 1. The largest absolute Gasteiger partial charge is 0.465 e. The van der Waals surface area contributed by atoms with Crippen LogP contribution in [0.4, 0.5) is 0 Å². The van der Waals surface area contributed by atoms with Gasteiger partial charge in [0.25, 0.3) is 0 Å². The molecule has 0 radical (unpaired) electrons. The highest BCUT2D eigenvalue weighted by Crippen LogP contribution is 2.29. The average Bonchev–Trinajstić information content (AvgIpc) is 2.26. The number of carbonyl (C=O) groups excluding carboxylic acids is 2. The number of carbonyl (C=O) groups is 2. The minimum Gasteiger partial charge on any atom is -0.465 e. The standard InChI is InChI=1S/C16H29NO3/c1-5-20-15(19)13(16(2,3)4)14(18)17-11-9-7-6-8-10-12-17/h13H,5-12H2,1-4H3. The van der Waals surface area contributed by atoms with Crippen LogP contribution in [0.2, 0.25) is 0 Å². The van der Waals surface area contributed by atoms with E-state index in [0.717, 1.165) is 25.9 Å². The van der Waals surface area contributed by atoms with E-state index in [1.54, 1.807) is 6.92 Å². The number of rotatable bonds is 3. The van der Waals surface area contributed by atoms with Gasteiger partial charge in [-0.3, -0.25) is 9.59 Å². The Morgan fingerprint density at radius 1 is 1.05 bits per heavy atom. The summed E-state index contributed by atoms with van der Waals surface area (Å²) in [5, 5.41) is 0. The second-order valence-corrected chi connectivity index (χ2v) is 6.64. The zero-order valence-corrected chi connectivity index (χ0v) is 13.4. The number of ether oxygens (including phenoxy) is 1. The van der Waals surface area contributed by atoms with Gasteiger partial charge < -0.3 is 9.64 Å². The topological polar surface area (TPSA) is 46.6 Å². The van der Waals surface area contributed by atoms with Crippen LogP contribution in [0.1, 0.15) is 59.8 Å². The first-order chi connectivity index (χ1) is 9.38. The molecular weight excluding hydrogens is 254 g/mol. The Morgan fingerprint density at radius 3 is 2.00 bits per heavy atom. The fraction of sp³-hybridized carbons (Fsp3) is 0.875. The van der Waals surface area contributed by atoms with Crippen molar-refractivity contribution in [3.05, 3.63) is 0 Å². The lowest BCUT2D eigenvalue weighted by atomic mass is 9.79. The maximum absolute atomic E-state index is 12.8. The Hall–Kier alpha value is -1.06. The SMILES string of the molecule is CCOC(=O)C(C(=O)N1CCCCCCC1)C(C)(C)C. The fourth-order valence-electron chi connectivity index (χ4n) is 2.70. The molecule has 1 rings (SSSR count). The van der Waals surface area contributed by atoms with Crippen LogP contribution >= 0.6 is 0 Å². The van der Waals surface area contributed by atoms with Crippen molar-refractivity contribution in [1.82, 2.24) is 4.90 Å². The third kappa shape index (κ3) is 4.80. The van der Waals surface area contributed by atoms with Crippen LogP contribution in [-0.2, 0) is 14.3 Å². The molecule has 116 valence electrons. The van der Waals surface area contributed by atoms with E-state index in [1.807, 2.05) is 25.7 Å². The van der Waals surface area contributed by atoms with Crippen molar-refractivity contribution in [2.45, 2.75) is 59.8 Å². The van der Waals surface area contributed by atoms with Crippen LogP contribution < -0.4 is 0 Å². The molecule has 4 heteroatoms. The highest BCUT2D eigenvalue weighted by atomic mass is 16.5. The van der Waals surface area contributed by atoms with Gasteiger partial charge in [0.15, 0.2) is 0 Å². The first kappa shape index (κ1) is 17.0. The van der Waals surface area contributed by atoms with Crippen LogP contribution in [-0.4, -0.2) is 36.5 Å². The van der Waals surface area contributed by atoms with Crippen molar-refractivity contribution >= 4 is 11.9 Å². The van der Waals surface area contributed by atoms with Gasteiger partial charge in [-0.1, -0.05) is 40.0 Å². The predicted molar refractivity (Wildman–Crippen MR) is 79.2 cm³/mol. The fourth-order valence-corrected chi connectivity index (χ4v) is 2.70. The molecule has 0 aromatic carbocycles. The van der Waals surface area contributed by atoms with Crippen molar-refractivity contribution in [2.75, 3.05) is 19.7 Å². The predicted octanol–water partition coefficient (Wildman–Crippen LogP) is 3.00. The quantitative estimate of drug-likeness (QED) is 0.591. The highest BCUT2D eigenvalue weighted by Gasteiger charge is 2.41. The van der Waals surface area contributed by atoms with E-state index in [-0.39, 0.29) is 11.9 Å². The Morgan fingerprint density at radius 2 is 1.55 bits per heavy atom. The van der Waals surface area contributed by atoms with Crippen molar-refractivity contribution < 1.29 is 14.3 Å². The zero-order valence-electron chi connectivity index (χ0n) is 13.4. The smallest absolute Gasteiger partial charge is 0.319 e. The van der Waals surface area contributed by atoms with Gasteiger partial charge in [-0.2, -0.15) is 0 Å². The summed E-state index contributed by atoms with van der Waals surface area (Å²) in [6.07, 6.45) is 5.66. The van der Waals surface area contributed by atoms with Gasteiger partial charge in [0.05, 0.1) is 6.61 Å². The van der Waals surface area contributed by atoms with Gasteiger partial charge in [-0.05, 0) is 25.2 Å². The number of likely N-dealkylation sites (tertiary alicyclic amines) is 1. The molecule has 0 bridgehead atoms. The zero-order chi connectivity index (χ0) is 15.2. The summed E-state index contributed by atoms with van der Waals surface area (Å²) < 4.78 is 5.11. The number of amides is 1. The van der Waals surface area contributed by atoms with Crippen molar-refractivity contribution in [3.8, 4) is 0 Å². The first-order valence-electron chi connectivity index (χ1n) is 7.83. The monoisotopic (exact) mass is 283 g/mol. The van der Waals surface area contributed by atoms with Gasteiger partial charge in [0.1, 0.15) is 5.92 Å². The molecule has 20 heavy (non-hydrogen) atoms. The summed E-state index contributed by atoms with van der Waals surface area (Å²) in [6, 6.07) is 0. The maximum atomic E-state index is 12.8. The second-order valence-electron chi connectivity index (χ2n) is 6.64. The van der Waals surface area contributed by atoms with E-state index < -0.39 is 11.3 Å². The van der Waals surface area contributed by atoms with E-state index in [9.17, 15) is 9.59 Å². The molecule has 1 aliphatic rings. The molecule has 0 aromatic rings. The van der Waals surface area contributed by atoms with Gasteiger partial charge in [0.2, 0.25) is 5.91 Å². The Labute approximate surface area is 122 Å². The molecule has 0 N–H and O–H groups in total. The Balaban J connectivity index is 2.82. The molecule has 1 saturated heterocycles. The van der Waals surface area contributed by atoms with E-state index >= 15 is 0 Å².